The number of hydrogen-bond donors (Lipinski definition) is 1. The summed E-state index contributed by atoms with van der Waals surface area (Å²) >= 11 is 0. The molecular formula is C20H25NO3. The van der Waals surface area contributed by atoms with Gasteiger partial charge in [-0.1, -0.05) is 30.3 Å². The van der Waals surface area contributed by atoms with Gasteiger partial charge in [0.1, 0.15) is 5.75 Å². The fourth-order valence-corrected chi connectivity index (χ4v) is 2.47. The summed E-state index contributed by atoms with van der Waals surface area (Å²) in [5.74, 6) is 0.200. The first-order valence-electron chi connectivity index (χ1n) is 8.30. The predicted octanol–water partition coefficient (Wildman–Crippen LogP) is 3.85. The second kappa shape index (κ2) is 9.08. The van der Waals surface area contributed by atoms with Crippen LogP contribution >= 0.6 is 0 Å². The lowest BCUT2D eigenvalue weighted by Crippen LogP contribution is -2.32. The Hall–Kier alpha value is -2.33. The SMILES string of the molecule is CC(C)OCCCN(Cc1cccc(O)c1)C(=O)c1ccccc1. The van der Waals surface area contributed by atoms with Crippen molar-refractivity contribution >= 4 is 5.91 Å². The largest absolute Gasteiger partial charge is 0.508 e. The lowest BCUT2D eigenvalue weighted by Gasteiger charge is -2.23. The Labute approximate surface area is 143 Å². The number of carbonyl (C=O) groups is 1. The Balaban J connectivity index is 2.07. The Kier molecular flexibility index (Phi) is 6.82. The van der Waals surface area contributed by atoms with Crippen LogP contribution in [0.5, 0.6) is 5.75 Å². The average Bonchev–Trinajstić information content (AvgIpc) is 2.57. The van der Waals surface area contributed by atoms with Crippen LogP contribution in [0.3, 0.4) is 0 Å². The molecule has 0 spiro atoms. The number of ether oxygens (including phenoxy) is 1. The highest BCUT2D eigenvalue weighted by Crippen LogP contribution is 2.15. The number of amides is 1. The summed E-state index contributed by atoms with van der Waals surface area (Å²) in [6.07, 6.45) is 0.963. The van der Waals surface area contributed by atoms with Crippen LogP contribution in [0.25, 0.3) is 0 Å². The second-order valence-corrected chi connectivity index (χ2v) is 6.04. The molecule has 0 heterocycles. The highest BCUT2D eigenvalue weighted by atomic mass is 16.5. The standard InChI is InChI=1S/C20H25NO3/c1-16(2)24-13-7-12-21(15-17-8-6-11-19(22)14-17)20(23)18-9-4-3-5-10-18/h3-6,8-11,14,16,22H,7,12-13,15H2,1-2H3. The Morgan fingerprint density at radius 1 is 1.12 bits per heavy atom. The molecule has 1 amide bonds. The maximum Gasteiger partial charge on any atom is 0.254 e. The van der Waals surface area contributed by atoms with Gasteiger partial charge in [-0.2, -0.15) is 0 Å². The zero-order chi connectivity index (χ0) is 17.4. The van der Waals surface area contributed by atoms with Crippen LogP contribution in [-0.2, 0) is 11.3 Å². The summed E-state index contributed by atoms with van der Waals surface area (Å²) in [5.41, 5.74) is 1.58. The second-order valence-electron chi connectivity index (χ2n) is 6.04. The maximum absolute atomic E-state index is 12.8. The topological polar surface area (TPSA) is 49.8 Å². The van der Waals surface area contributed by atoms with Crippen LogP contribution in [0.15, 0.2) is 54.6 Å². The highest BCUT2D eigenvalue weighted by molar-refractivity contribution is 5.94. The van der Waals surface area contributed by atoms with Crippen LogP contribution in [-0.4, -0.2) is 35.2 Å². The average molecular weight is 327 g/mol. The summed E-state index contributed by atoms with van der Waals surface area (Å²) in [4.78, 5) is 14.6. The number of hydrogen-bond acceptors (Lipinski definition) is 3. The third kappa shape index (κ3) is 5.70. The number of benzene rings is 2. The van der Waals surface area contributed by atoms with E-state index in [-0.39, 0.29) is 17.8 Å². The van der Waals surface area contributed by atoms with E-state index in [4.69, 9.17) is 4.74 Å². The molecule has 2 aromatic rings. The summed E-state index contributed by atoms with van der Waals surface area (Å²) < 4.78 is 5.57. The summed E-state index contributed by atoms with van der Waals surface area (Å²) in [5, 5.41) is 9.63. The van der Waals surface area contributed by atoms with Crippen molar-refractivity contribution < 1.29 is 14.6 Å². The molecule has 4 nitrogen and oxygen atoms in total. The zero-order valence-electron chi connectivity index (χ0n) is 14.3. The maximum atomic E-state index is 12.8. The van der Waals surface area contributed by atoms with Crippen LogP contribution in [0.1, 0.15) is 36.2 Å². The number of nitrogens with zero attached hydrogens (tertiary/aromatic N) is 1. The van der Waals surface area contributed by atoms with Gasteiger partial charge in [-0.15, -0.1) is 0 Å². The van der Waals surface area contributed by atoms with Crippen molar-refractivity contribution in [2.45, 2.75) is 32.9 Å². The molecule has 0 saturated carbocycles. The number of phenols is 1. The van der Waals surface area contributed by atoms with Gasteiger partial charge in [-0.05, 0) is 50.1 Å². The molecule has 4 heteroatoms. The molecule has 0 aliphatic rings. The van der Waals surface area contributed by atoms with E-state index in [0.29, 0.717) is 25.3 Å². The first-order chi connectivity index (χ1) is 11.6. The number of aromatic hydroxyl groups is 1. The molecule has 2 rings (SSSR count). The lowest BCUT2D eigenvalue weighted by molar-refractivity contribution is 0.0606. The van der Waals surface area contributed by atoms with Crippen molar-refractivity contribution in [3.8, 4) is 5.75 Å². The van der Waals surface area contributed by atoms with Gasteiger partial charge in [-0.3, -0.25) is 4.79 Å². The van der Waals surface area contributed by atoms with Gasteiger partial charge < -0.3 is 14.7 Å². The first kappa shape index (κ1) is 18.0. The minimum absolute atomic E-state index is 0.0107. The monoisotopic (exact) mass is 327 g/mol. The fraction of sp³-hybridized carbons (Fsp3) is 0.350. The summed E-state index contributed by atoms with van der Waals surface area (Å²) in [6, 6.07) is 16.3. The minimum Gasteiger partial charge on any atom is -0.508 e. The molecule has 24 heavy (non-hydrogen) atoms. The number of rotatable bonds is 8. The van der Waals surface area contributed by atoms with Gasteiger partial charge in [0, 0.05) is 25.3 Å². The van der Waals surface area contributed by atoms with Crippen molar-refractivity contribution in [2.75, 3.05) is 13.2 Å². The van der Waals surface area contributed by atoms with E-state index in [9.17, 15) is 9.90 Å². The van der Waals surface area contributed by atoms with E-state index in [1.54, 1.807) is 23.1 Å². The molecule has 0 fully saturated rings. The van der Waals surface area contributed by atoms with E-state index in [2.05, 4.69) is 0 Å². The molecule has 0 atom stereocenters. The molecule has 0 radical (unpaired) electrons. The lowest BCUT2D eigenvalue weighted by atomic mass is 10.1. The fourth-order valence-electron chi connectivity index (χ4n) is 2.47. The van der Waals surface area contributed by atoms with Gasteiger partial charge in [0.2, 0.25) is 0 Å². The molecule has 0 aromatic heterocycles. The van der Waals surface area contributed by atoms with Crippen LogP contribution in [0, 0.1) is 0 Å². The molecule has 0 aliphatic heterocycles. The van der Waals surface area contributed by atoms with Crippen molar-refractivity contribution in [2.24, 2.45) is 0 Å². The Morgan fingerprint density at radius 3 is 2.54 bits per heavy atom. The van der Waals surface area contributed by atoms with Gasteiger partial charge in [0.25, 0.3) is 5.91 Å². The predicted molar refractivity (Wildman–Crippen MR) is 95.0 cm³/mol. The number of carbonyl (C=O) groups excluding carboxylic acids is 1. The molecule has 0 aliphatic carbocycles. The number of phenolic OH excluding ortho intramolecular Hbond substituents is 1. The summed E-state index contributed by atoms with van der Waals surface area (Å²) in [7, 11) is 0. The van der Waals surface area contributed by atoms with Crippen LogP contribution < -0.4 is 0 Å². The van der Waals surface area contributed by atoms with E-state index in [1.807, 2.05) is 50.2 Å². The van der Waals surface area contributed by atoms with Gasteiger partial charge in [0.05, 0.1) is 6.10 Å². The molecule has 2 aromatic carbocycles. The smallest absolute Gasteiger partial charge is 0.254 e. The normalized spacial score (nSPS) is 10.8. The Morgan fingerprint density at radius 2 is 1.88 bits per heavy atom. The van der Waals surface area contributed by atoms with Crippen molar-refractivity contribution in [1.29, 1.82) is 0 Å². The third-order valence-corrected chi connectivity index (χ3v) is 3.62. The van der Waals surface area contributed by atoms with Gasteiger partial charge in [0.15, 0.2) is 0 Å². The molecule has 1 N–H and O–H groups in total. The zero-order valence-corrected chi connectivity index (χ0v) is 14.3. The van der Waals surface area contributed by atoms with Crippen LogP contribution in [0.2, 0.25) is 0 Å². The first-order valence-corrected chi connectivity index (χ1v) is 8.30. The molecular weight excluding hydrogens is 302 g/mol. The van der Waals surface area contributed by atoms with E-state index < -0.39 is 0 Å². The highest BCUT2D eigenvalue weighted by Gasteiger charge is 2.16. The van der Waals surface area contributed by atoms with Gasteiger partial charge >= 0.3 is 0 Å². The van der Waals surface area contributed by atoms with E-state index in [1.165, 1.54) is 0 Å². The molecule has 0 unspecified atom stereocenters. The molecule has 128 valence electrons. The quantitative estimate of drug-likeness (QED) is 0.749. The molecule has 0 saturated heterocycles. The minimum atomic E-state index is -0.0107. The third-order valence-electron chi connectivity index (χ3n) is 3.62. The summed E-state index contributed by atoms with van der Waals surface area (Å²) in [6.45, 7) is 5.69. The van der Waals surface area contributed by atoms with Crippen molar-refractivity contribution in [3.05, 3.63) is 65.7 Å². The van der Waals surface area contributed by atoms with Gasteiger partial charge in [-0.25, -0.2) is 0 Å². The van der Waals surface area contributed by atoms with Crippen LogP contribution in [0.4, 0.5) is 0 Å². The Bertz CT molecular complexity index is 640. The van der Waals surface area contributed by atoms with Crippen molar-refractivity contribution in [1.82, 2.24) is 4.90 Å². The van der Waals surface area contributed by atoms with Crippen molar-refractivity contribution in [3.63, 3.8) is 0 Å². The van der Waals surface area contributed by atoms with E-state index in [0.717, 1.165) is 12.0 Å². The van der Waals surface area contributed by atoms with E-state index >= 15 is 0 Å². The molecule has 0 bridgehead atoms.